The first kappa shape index (κ1) is 20.8. The summed E-state index contributed by atoms with van der Waals surface area (Å²) in [6, 6.07) is 13.7. The number of hydrogen-bond acceptors (Lipinski definition) is 3. The monoisotopic (exact) mass is 417 g/mol. The van der Waals surface area contributed by atoms with E-state index in [1.807, 2.05) is 54.9 Å². The minimum Gasteiger partial charge on any atom is -0.481 e. The average molecular weight is 418 g/mol. The minimum absolute atomic E-state index is 0.0220. The molecule has 160 valence electrons. The number of aromatic nitrogens is 2. The fourth-order valence-corrected chi connectivity index (χ4v) is 4.35. The van der Waals surface area contributed by atoms with Gasteiger partial charge in [0.1, 0.15) is 0 Å². The van der Waals surface area contributed by atoms with Crippen LogP contribution in [0.3, 0.4) is 0 Å². The number of hydrogen-bond donors (Lipinski definition) is 2. The second-order valence-electron chi connectivity index (χ2n) is 8.18. The molecular weight excluding hydrogens is 390 g/mol. The van der Waals surface area contributed by atoms with Gasteiger partial charge >= 0.3 is 5.97 Å². The largest absolute Gasteiger partial charge is 0.481 e. The van der Waals surface area contributed by atoms with Crippen molar-refractivity contribution < 1.29 is 14.7 Å². The highest BCUT2D eigenvalue weighted by molar-refractivity contribution is 6.05. The van der Waals surface area contributed by atoms with Gasteiger partial charge in [-0.15, -0.1) is 0 Å². The molecular formula is C25H27N3O3. The molecule has 0 radical (unpaired) electrons. The lowest BCUT2D eigenvalue weighted by Gasteiger charge is -2.19. The maximum Gasteiger partial charge on any atom is 0.307 e. The van der Waals surface area contributed by atoms with Crippen LogP contribution in [-0.4, -0.2) is 26.8 Å². The molecule has 1 amide bonds. The summed E-state index contributed by atoms with van der Waals surface area (Å²) in [6.07, 6.45) is 4.31. The quantitative estimate of drug-likeness (QED) is 0.626. The van der Waals surface area contributed by atoms with Gasteiger partial charge in [0.2, 0.25) is 0 Å². The SMILES string of the molecule is Cc1nn(Cc2ccc(NC(=O)c3cccc4c3CCCC4)cc2)c(C)c1CC(=O)O. The molecule has 0 fully saturated rings. The highest BCUT2D eigenvalue weighted by Crippen LogP contribution is 2.25. The van der Waals surface area contributed by atoms with Crippen LogP contribution in [0.25, 0.3) is 0 Å². The summed E-state index contributed by atoms with van der Waals surface area (Å²) in [5, 5.41) is 16.6. The lowest BCUT2D eigenvalue weighted by atomic mass is 9.88. The summed E-state index contributed by atoms with van der Waals surface area (Å²) in [5.41, 5.74) is 7.41. The zero-order valence-electron chi connectivity index (χ0n) is 17.9. The molecule has 0 saturated carbocycles. The van der Waals surface area contributed by atoms with E-state index in [0.717, 1.165) is 53.0 Å². The van der Waals surface area contributed by atoms with Crippen LogP contribution in [-0.2, 0) is 30.6 Å². The Hall–Kier alpha value is -3.41. The van der Waals surface area contributed by atoms with Gasteiger partial charge in [-0.3, -0.25) is 14.3 Å². The van der Waals surface area contributed by atoms with E-state index in [4.69, 9.17) is 5.11 Å². The third-order valence-corrected chi connectivity index (χ3v) is 6.04. The van der Waals surface area contributed by atoms with E-state index >= 15 is 0 Å². The first-order valence-corrected chi connectivity index (χ1v) is 10.7. The molecule has 1 aliphatic rings. The van der Waals surface area contributed by atoms with Crippen LogP contribution in [0.5, 0.6) is 0 Å². The van der Waals surface area contributed by atoms with E-state index < -0.39 is 5.97 Å². The molecule has 0 bridgehead atoms. The summed E-state index contributed by atoms with van der Waals surface area (Å²) < 4.78 is 1.83. The molecule has 4 rings (SSSR count). The van der Waals surface area contributed by atoms with Crippen molar-refractivity contribution >= 4 is 17.6 Å². The number of fused-ring (bicyclic) bond motifs is 1. The molecule has 31 heavy (non-hydrogen) atoms. The molecule has 2 N–H and O–H groups in total. The Labute approximate surface area is 181 Å². The van der Waals surface area contributed by atoms with Gasteiger partial charge < -0.3 is 10.4 Å². The van der Waals surface area contributed by atoms with Gasteiger partial charge in [0.15, 0.2) is 0 Å². The van der Waals surface area contributed by atoms with E-state index in [1.54, 1.807) is 0 Å². The Bertz CT molecular complexity index is 1130. The summed E-state index contributed by atoms with van der Waals surface area (Å²) in [6.45, 7) is 4.28. The van der Waals surface area contributed by atoms with Crippen molar-refractivity contribution in [3.8, 4) is 0 Å². The number of aryl methyl sites for hydroxylation is 2. The molecule has 6 nitrogen and oxygen atoms in total. The Morgan fingerprint density at radius 2 is 1.81 bits per heavy atom. The second-order valence-corrected chi connectivity index (χ2v) is 8.18. The number of benzene rings is 2. The maximum atomic E-state index is 12.9. The van der Waals surface area contributed by atoms with E-state index in [9.17, 15) is 9.59 Å². The fourth-order valence-electron chi connectivity index (χ4n) is 4.35. The number of carboxylic acid groups (broad SMARTS) is 1. The van der Waals surface area contributed by atoms with Crippen molar-refractivity contribution in [1.29, 1.82) is 0 Å². The first-order valence-electron chi connectivity index (χ1n) is 10.7. The van der Waals surface area contributed by atoms with Gasteiger partial charge in [0, 0.05) is 22.5 Å². The van der Waals surface area contributed by atoms with E-state index in [2.05, 4.69) is 16.5 Å². The second kappa shape index (κ2) is 8.76. The van der Waals surface area contributed by atoms with Gasteiger partial charge in [-0.2, -0.15) is 5.10 Å². The zero-order chi connectivity index (χ0) is 22.0. The molecule has 0 saturated heterocycles. The van der Waals surface area contributed by atoms with Crippen LogP contribution in [0, 0.1) is 13.8 Å². The van der Waals surface area contributed by atoms with Crippen molar-refractivity contribution in [3.63, 3.8) is 0 Å². The number of carboxylic acids is 1. The summed E-state index contributed by atoms with van der Waals surface area (Å²) in [4.78, 5) is 23.9. The molecule has 1 aliphatic carbocycles. The Kier molecular flexibility index (Phi) is 5.89. The molecule has 0 spiro atoms. The molecule has 0 atom stereocenters. The number of nitrogens with zero attached hydrogens (tertiary/aromatic N) is 2. The Balaban J connectivity index is 1.46. The summed E-state index contributed by atoms with van der Waals surface area (Å²) in [7, 11) is 0. The third-order valence-electron chi connectivity index (χ3n) is 6.04. The average Bonchev–Trinajstić information content (AvgIpc) is 3.01. The predicted octanol–water partition coefficient (Wildman–Crippen LogP) is 4.31. The molecule has 1 aromatic heterocycles. The van der Waals surface area contributed by atoms with Crippen LogP contribution in [0.4, 0.5) is 5.69 Å². The van der Waals surface area contributed by atoms with Crippen LogP contribution in [0.2, 0.25) is 0 Å². The third kappa shape index (κ3) is 4.53. The van der Waals surface area contributed by atoms with Crippen LogP contribution >= 0.6 is 0 Å². The summed E-state index contributed by atoms with van der Waals surface area (Å²) >= 11 is 0. The lowest BCUT2D eigenvalue weighted by Crippen LogP contribution is -2.17. The molecule has 6 heteroatoms. The number of carbonyl (C=O) groups excluding carboxylic acids is 1. The fraction of sp³-hybridized carbons (Fsp3) is 0.320. The standard InChI is InChI=1S/C25H27N3O3/c1-16-23(14-24(29)30)17(2)28(27-16)15-18-10-12-20(13-11-18)26-25(31)22-9-5-7-19-6-3-4-8-21(19)22/h5,7,9-13H,3-4,6,8,14-15H2,1-2H3,(H,26,31)(H,29,30). The number of rotatable bonds is 6. The number of nitrogens with one attached hydrogen (secondary N) is 1. The van der Waals surface area contributed by atoms with E-state index in [0.29, 0.717) is 6.54 Å². The highest BCUT2D eigenvalue weighted by Gasteiger charge is 2.18. The number of anilines is 1. The number of aliphatic carboxylic acids is 1. The van der Waals surface area contributed by atoms with Crippen molar-refractivity contribution in [2.45, 2.75) is 52.5 Å². The van der Waals surface area contributed by atoms with Gasteiger partial charge in [-0.1, -0.05) is 24.3 Å². The lowest BCUT2D eigenvalue weighted by molar-refractivity contribution is -0.136. The molecule has 1 heterocycles. The van der Waals surface area contributed by atoms with E-state index in [-0.39, 0.29) is 12.3 Å². The molecule has 3 aromatic rings. The van der Waals surface area contributed by atoms with Crippen molar-refractivity contribution in [1.82, 2.24) is 9.78 Å². The van der Waals surface area contributed by atoms with Gasteiger partial charge in [0.25, 0.3) is 5.91 Å². The molecule has 2 aromatic carbocycles. The van der Waals surface area contributed by atoms with Gasteiger partial charge in [0.05, 0.1) is 18.7 Å². The van der Waals surface area contributed by atoms with Crippen molar-refractivity contribution in [2.75, 3.05) is 5.32 Å². The molecule has 0 aliphatic heterocycles. The Morgan fingerprint density at radius 1 is 1.06 bits per heavy atom. The smallest absolute Gasteiger partial charge is 0.307 e. The Morgan fingerprint density at radius 3 is 2.55 bits per heavy atom. The topological polar surface area (TPSA) is 84.2 Å². The number of amides is 1. The van der Waals surface area contributed by atoms with Crippen LogP contribution in [0.1, 0.15) is 56.8 Å². The number of carbonyl (C=O) groups is 2. The van der Waals surface area contributed by atoms with Crippen LogP contribution < -0.4 is 5.32 Å². The van der Waals surface area contributed by atoms with E-state index in [1.165, 1.54) is 17.5 Å². The summed E-state index contributed by atoms with van der Waals surface area (Å²) in [5.74, 6) is -0.922. The zero-order valence-corrected chi connectivity index (χ0v) is 17.9. The molecule has 0 unspecified atom stereocenters. The van der Waals surface area contributed by atoms with Gasteiger partial charge in [-0.05, 0) is 74.4 Å². The van der Waals surface area contributed by atoms with Crippen molar-refractivity contribution in [3.05, 3.63) is 81.7 Å². The van der Waals surface area contributed by atoms with Gasteiger partial charge in [-0.25, -0.2) is 0 Å². The normalized spacial score (nSPS) is 13.0. The van der Waals surface area contributed by atoms with Crippen LogP contribution in [0.15, 0.2) is 42.5 Å². The maximum absolute atomic E-state index is 12.9. The van der Waals surface area contributed by atoms with Crippen molar-refractivity contribution in [2.24, 2.45) is 0 Å². The first-order chi connectivity index (χ1) is 14.9. The minimum atomic E-state index is -0.856. The highest BCUT2D eigenvalue weighted by atomic mass is 16.4. The predicted molar refractivity (Wildman–Crippen MR) is 120 cm³/mol.